The molecule has 0 radical (unpaired) electrons. The SMILES string of the molecule is CCCCCCCCC=CCCCCCCCCOC(=O)c1ccccc1-c1c2ccc(=O)cc-2oc2cc(OC(CCCCCCCC)CCCCCCCCC)ccc12. The second-order valence-electron chi connectivity index (χ2n) is 17.6. The number of hydrogen-bond donors (Lipinski definition) is 0. The highest BCUT2D eigenvalue weighted by molar-refractivity contribution is 6.07. The Hall–Kier alpha value is -3.86. The molecule has 0 bridgehead atoms. The van der Waals surface area contributed by atoms with E-state index in [0.717, 1.165) is 59.9 Å². The molecule has 0 saturated carbocycles. The lowest BCUT2D eigenvalue weighted by atomic mass is 9.91. The minimum atomic E-state index is -0.325. The predicted octanol–water partition coefficient (Wildman–Crippen LogP) is 17.4. The van der Waals surface area contributed by atoms with Gasteiger partial charge in [0.1, 0.15) is 17.1 Å². The number of fused-ring (bicyclic) bond motifs is 2. The van der Waals surface area contributed by atoms with Crippen LogP contribution in [0, 0.1) is 0 Å². The van der Waals surface area contributed by atoms with Gasteiger partial charge in [0.05, 0.1) is 18.3 Å². The average molecular weight is 835 g/mol. The Bertz CT molecular complexity index is 1820. The predicted molar refractivity (Wildman–Crippen MR) is 259 cm³/mol. The Morgan fingerprint density at radius 3 is 1.72 bits per heavy atom. The molecule has 1 unspecified atom stereocenters. The van der Waals surface area contributed by atoms with E-state index in [1.54, 1.807) is 12.1 Å². The van der Waals surface area contributed by atoms with E-state index < -0.39 is 0 Å². The molecule has 1 aliphatic carbocycles. The van der Waals surface area contributed by atoms with Crippen LogP contribution in [0.3, 0.4) is 0 Å². The van der Waals surface area contributed by atoms with Crippen LogP contribution in [0.25, 0.3) is 33.4 Å². The number of ether oxygens (including phenoxy) is 2. The van der Waals surface area contributed by atoms with E-state index in [-0.39, 0.29) is 17.5 Å². The zero-order chi connectivity index (χ0) is 43.2. The van der Waals surface area contributed by atoms with Gasteiger partial charge in [-0.15, -0.1) is 0 Å². The first-order chi connectivity index (χ1) is 30.0. The molecule has 0 amide bonds. The molecule has 2 aromatic carbocycles. The first-order valence-electron chi connectivity index (χ1n) is 25.1. The summed E-state index contributed by atoms with van der Waals surface area (Å²) in [5.41, 5.74) is 3.44. The molecule has 5 nitrogen and oxygen atoms in total. The van der Waals surface area contributed by atoms with E-state index in [1.807, 2.05) is 42.5 Å². The lowest BCUT2D eigenvalue weighted by Gasteiger charge is -2.21. The highest BCUT2D eigenvalue weighted by Gasteiger charge is 2.23. The van der Waals surface area contributed by atoms with Crippen molar-refractivity contribution in [1.82, 2.24) is 0 Å². The summed E-state index contributed by atoms with van der Waals surface area (Å²) in [5, 5.41) is 0.867. The zero-order valence-electron chi connectivity index (χ0n) is 38.8. The summed E-state index contributed by atoms with van der Waals surface area (Å²) >= 11 is 0. The van der Waals surface area contributed by atoms with E-state index in [4.69, 9.17) is 13.9 Å². The van der Waals surface area contributed by atoms with Gasteiger partial charge in [0.2, 0.25) is 0 Å². The van der Waals surface area contributed by atoms with Gasteiger partial charge in [-0.1, -0.05) is 180 Å². The number of hydrogen-bond acceptors (Lipinski definition) is 5. The number of carbonyl (C=O) groups is 1. The maximum atomic E-state index is 13.7. The van der Waals surface area contributed by atoms with Crippen molar-refractivity contribution in [1.29, 1.82) is 0 Å². The highest BCUT2D eigenvalue weighted by atomic mass is 16.5. The van der Waals surface area contributed by atoms with E-state index >= 15 is 0 Å². The third-order valence-corrected chi connectivity index (χ3v) is 12.3. The molecule has 0 N–H and O–H groups in total. The Morgan fingerprint density at radius 1 is 0.574 bits per heavy atom. The molecule has 0 aromatic heterocycles. The quantitative estimate of drug-likeness (QED) is 0.0200. The van der Waals surface area contributed by atoms with Gasteiger partial charge < -0.3 is 13.9 Å². The summed E-state index contributed by atoms with van der Waals surface area (Å²) in [6, 6.07) is 18.7. The molecule has 4 rings (SSSR count). The molecule has 2 aromatic rings. The van der Waals surface area contributed by atoms with Gasteiger partial charge in [-0.05, 0) is 93.7 Å². The van der Waals surface area contributed by atoms with Crippen LogP contribution >= 0.6 is 0 Å². The Morgan fingerprint density at radius 2 is 1.11 bits per heavy atom. The van der Waals surface area contributed by atoms with Crippen LogP contribution in [-0.4, -0.2) is 18.7 Å². The first-order valence-corrected chi connectivity index (χ1v) is 25.1. The van der Waals surface area contributed by atoms with Crippen molar-refractivity contribution in [3.05, 3.63) is 88.6 Å². The van der Waals surface area contributed by atoms with Crippen molar-refractivity contribution in [2.75, 3.05) is 6.61 Å². The molecule has 61 heavy (non-hydrogen) atoms. The van der Waals surface area contributed by atoms with Crippen LogP contribution < -0.4 is 10.2 Å². The van der Waals surface area contributed by atoms with E-state index in [0.29, 0.717) is 23.5 Å². The van der Waals surface area contributed by atoms with Crippen molar-refractivity contribution >= 4 is 16.9 Å². The van der Waals surface area contributed by atoms with Crippen molar-refractivity contribution in [3.63, 3.8) is 0 Å². The smallest absolute Gasteiger partial charge is 0.338 e. The Kier molecular flexibility index (Phi) is 25.3. The summed E-state index contributed by atoms with van der Waals surface area (Å²) in [6.07, 6.45) is 40.9. The summed E-state index contributed by atoms with van der Waals surface area (Å²) in [6.45, 7) is 7.21. The fraction of sp³-hybridized carbons (Fsp3) is 0.607. The maximum absolute atomic E-state index is 13.7. The fourth-order valence-electron chi connectivity index (χ4n) is 8.62. The van der Waals surface area contributed by atoms with Gasteiger partial charge in [-0.2, -0.15) is 0 Å². The lowest BCUT2D eigenvalue weighted by molar-refractivity contribution is 0.0498. The summed E-state index contributed by atoms with van der Waals surface area (Å²) < 4.78 is 19.1. The number of esters is 1. The van der Waals surface area contributed by atoms with Crippen LogP contribution in [0.1, 0.15) is 217 Å². The van der Waals surface area contributed by atoms with E-state index in [2.05, 4.69) is 39.0 Å². The maximum Gasteiger partial charge on any atom is 0.338 e. The summed E-state index contributed by atoms with van der Waals surface area (Å²) in [4.78, 5) is 26.3. The van der Waals surface area contributed by atoms with Crippen LogP contribution in [0.4, 0.5) is 0 Å². The van der Waals surface area contributed by atoms with Crippen LogP contribution in [0.15, 0.2) is 82.0 Å². The third-order valence-electron chi connectivity index (χ3n) is 12.3. The minimum absolute atomic E-state index is 0.119. The standard InChI is InChI=1S/C56H82O5/c1-4-7-10-13-16-17-18-19-20-21-22-23-24-26-29-34-43-59-56(58)50-38-33-32-37-49(50)55-51-41-39-46(57)44-53(51)61-54-45-48(40-42-52(54)55)60-47(35-30-27-15-12-9-6-3)36-31-28-25-14-11-8-5-2/h19-20,32-33,37-42,44-45,47H,4-18,21-31,34-36,43H2,1-3H3. The van der Waals surface area contributed by atoms with Crippen LogP contribution in [-0.2, 0) is 4.74 Å². The van der Waals surface area contributed by atoms with Gasteiger partial charge in [0.25, 0.3) is 0 Å². The van der Waals surface area contributed by atoms with Crippen molar-refractivity contribution in [3.8, 4) is 28.2 Å². The number of unbranched alkanes of at least 4 members (excludes halogenated alkanes) is 23. The van der Waals surface area contributed by atoms with Crippen molar-refractivity contribution in [2.45, 2.75) is 213 Å². The number of carbonyl (C=O) groups excluding carboxylic acids is 1. The van der Waals surface area contributed by atoms with Crippen molar-refractivity contribution < 1.29 is 18.7 Å². The summed E-state index contributed by atoms with van der Waals surface area (Å²) in [7, 11) is 0. The largest absolute Gasteiger partial charge is 0.490 e. The van der Waals surface area contributed by atoms with Gasteiger partial charge in [0.15, 0.2) is 5.43 Å². The van der Waals surface area contributed by atoms with Gasteiger partial charge in [-0.25, -0.2) is 4.79 Å². The molecule has 0 fully saturated rings. The number of benzene rings is 3. The topological polar surface area (TPSA) is 65.7 Å². The first kappa shape index (κ1) is 49.8. The van der Waals surface area contributed by atoms with Gasteiger partial charge in [0, 0.05) is 28.6 Å². The Labute approximate surface area is 370 Å². The second kappa shape index (κ2) is 31.1. The molecule has 0 saturated heterocycles. The van der Waals surface area contributed by atoms with Crippen LogP contribution in [0.2, 0.25) is 0 Å². The molecule has 2 aliphatic rings. The van der Waals surface area contributed by atoms with Gasteiger partial charge in [-0.3, -0.25) is 4.79 Å². The molecule has 1 aliphatic heterocycles. The van der Waals surface area contributed by atoms with Gasteiger partial charge >= 0.3 is 5.97 Å². The third kappa shape index (κ3) is 19.0. The Balaban J connectivity index is 1.36. The molecule has 5 heteroatoms. The fourth-order valence-corrected chi connectivity index (χ4v) is 8.62. The number of rotatable bonds is 35. The molecule has 1 heterocycles. The van der Waals surface area contributed by atoms with E-state index in [9.17, 15) is 9.59 Å². The molecule has 336 valence electrons. The lowest BCUT2D eigenvalue weighted by Crippen LogP contribution is -2.16. The van der Waals surface area contributed by atoms with Crippen molar-refractivity contribution in [2.24, 2.45) is 0 Å². The minimum Gasteiger partial charge on any atom is -0.490 e. The number of allylic oxidation sites excluding steroid dienone is 2. The molecule has 1 atom stereocenters. The molecule has 0 spiro atoms. The van der Waals surface area contributed by atoms with E-state index in [1.165, 1.54) is 154 Å². The molecular weight excluding hydrogens is 753 g/mol. The molecular formula is C56H82O5. The monoisotopic (exact) mass is 835 g/mol. The zero-order valence-corrected chi connectivity index (χ0v) is 38.8. The second-order valence-corrected chi connectivity index (χ2v) is 17.6. The van der Waals surface area contributed by atoms with Crippen LogP contribution in [0.5, 0.6) is 5.75 Å². The summed E-state index contributed by atoms with van der Waals surface area (Å²) in [5.74, 6) is 0.946. The average Bonchev–Trinajstić information content (AvgIpc) is 3.27. The highest BCUT2D eigenvalue weighted by Crippen LogP contribution is 2.42. The normalized spacial score (nSPS) is 12.2.